The molecule has 0 atom stereocenters. The number of rotatable bonds is 0. The van der Waals surface area contributed by atoms with Crippen molar-refractivity contribution in [3.05, 3.63) is 0 Å². The first-order chi connectivity index (χ1) is 2.00. The molecule has 0 aromatic rings. The topological polar surface area (TPSA) is 85.5 Å². The molecule has 0 spiro atoms. The van der Waals surface area contributed by atoms with Gasteiger partial charge in [-0.15, -0.1) is 17.6 Å². The molecule has 0 heterocycles. The maximum absolute atomic E-state index is 9.69. The van der Waals surface area contributed by atoms with Gasteiger partial charge < -0.3 is 16.4 Å². The van der Waals surface area contributed by atoms with Crippen molar-refractivity contribution in [1.82, 2.24) is 0 Å². The van der Waals surface area contributed by atoms with Gasteiger partial charge in [-0.1, -0.05) is 0 Å². The molecular weight excluding hydrogens is 295 g/mol. The molecule has 0 fully saturated rings. The van der Waals surface area contributed by atoms with Crippen LogP contribution in [0.3, 0.4) is 0 Å². The second-order valence-electron chi connectivity index (χ2n) is 0.429. The Morgan fingerprint density at radius 1 is 0.700 bits per heavy atom. The zero-order valence-corrected chi connectivity index (χ0v) is 6.86. The summed E-state index contributed by atoms with van der Waals surface area (Å²) in [6, 6.07) is 0. The average molecular weight is 295 g/mol. The molecule has 0 saturated heterocycles. The standard InChI is InChI=1S/CF4.Ag.3O.V/c2-1(3,4)5;;;;;/q;+1;3*-2;. The fourth-order valence-corrected chi connectivity index (χ4v) is 0. The largest absolute Gasteiger partial charge is 2.00 e. The molecular formula is CAgF4O3V-5. The first kappa shape index (κ1) is 44.4. The van der Waals surface area contributed by atoms with Crippen LogP contribution in [0.2, 0.25) is 0 Å². The third-order valence-electron chi connectivity index (χ3n) is 0. The van der Waals surface area contributed by atoms with Gasteiger partial charge in [-0.25, -0.2) is 0 Å². The minimum Gasteiger partial charge on any atom is -2.00 e. The van der Waals surface area contributed by atoms with Crippen molar-refractivity contribution in [1.29, 1.82) is 0 Å². The maximum atomic E-state index is 9.69. The summed E-state index contributed by atoms with van der Waals surface area (Å²) in [7, 11) is 0. The smallest absolute Gasteiger partial charge is 1.00 e. The van der Waals surface area contributed by atoms with Gasteiger partial charge >= 0.3 is 28.8 Å². The SMILES string of the molecule is FC(F)(F)F.[Ag+].[O-2].[O-2].[O-2].[V]. The van der Waals surface area contributed by atoms with Gasteiger partial charge in [0.1, 0.15) is 0 Å². The summed E-state index contributed by atoms with van der Waals surface area (Å²) in [6.07, 6.45) is -5.50. The van der Waals surface area contributed by atoms with Crippen LogP contribution in [-0.2, 0) is 57.4 Å². The van der Waals surface area contributed by atoms with Gasteiger partial charge in [0.05, 0.1) is 0 Å². The number of halogens is 4. The van der Waals surface area contributed by atoms with Crippen LogP contribution in [0.15, 0.2) is 0 Å². The molecule has 0 N–H and O–H groups in total. The van der Waals surface area contributed by atoms with E-state index >= 15 is 0 Å². The quantitative estimate of drug-likeness (QED) is 0.473. The molecule has 0 unspecified atom stereocenters. The van der Waals surface area contributed by atoms with E-state index in [1.165, 1.54) is 0 Å². The zero-order chi connectivity index (χ0) is 4.50. The summed E-state index contributed by atoms with van der Waals surface area (Å²) in [4.78, 5) is 0. The van der Waals surface area contributed by atoms with Crippen molar-refractivity contribution in [3.8, 4) is 0 Å². The molecule has 10 heavy (non-hydrogen) atoms. The Hall–Kier alpha value is 0.925. The molecule has 0 aliphatic rings. The Balaban J connectivity index is -0.00000000800. The summed E-state index contributed by atoms with van der Waals surface area (Å²) in [6.45, 7) is 0. The van der Waals surface area contributed by atoms with Gasteiger partial charge in [0.25, 0.3) is 0 Å². The van der Waals surface area contributed by atoms with Crippen LogP contribution < -0.4 is 0 Å². The van der Waals surface area contributed by atoms with E-state index in [1.54, 1.807) is 0 Å². The Kier molecular flexibility index (Phi) is 73.1. The number of alkyl halides is 4. The predicted molar refractivity (Wildman–Crippen MR) is 9.22 cm³/mol. The Morgan fingerprint density at radius 3 is 0.700 bits per heavy atom. The fraction of sp³-hybridized carbons (Fsp3) is 1.00. The second kappa shape index (κ2) is 16.5. The van der Waals surface area contributed by atoms with E-state index in [9.17, 15) is 17.6 Å². The van der Waals surface area contributed by atoms with Gasteiger partial charge in [0.2, 0.25) is 0 Å². The Morgan fingerprint density at radius 2 is 0.700 bits per heavy atom. The summed E-state index contributed by atoms with van der Waals surface area (Å²) in [5.74, 6) is 0. The molecule has 0 bridgehead atoms. The molecule has 0 rings (SSSR count). The second-order valence-corrected chi connectivity index (χ2v) is 0.429. The molecule has 0 saturated carbocycles. The van der Waals surface area contributed by atoms with E-state index in [1.807, 2.05) is 0 Å². The average Bonchev–Trinajstić information content (AvgIpc) is 0.722. The molecule has 0 aliphatic carbocycles. The monoisotopic (exact) mass is 294 g/mol. The third-order valence-corrected chi connectivity index (χ3v) is 0. The van der Waals surface area contributed by atoms with Crippen LogP contribution in [0, 0.1) is 0 Å². The van der Waals surface area contributed by atoms with Crippen LogP contribution in [-0.4, -0.2) is 6.43 Å². The van der Waals surface area contributed by atoms with E-state index in [4.69, 9.17) is 0 Å². The van der Waals surface area contributed by atoms with Gasteiger partial charge in [-0.05, 0) is 0 Å². The molecule has 0 aromatic carbocycles. The van der Waals surface area contributed by atoms with Crippen LogP contribution in [0.5, 0.6) is 0 Å². The minimum absolute atomic E-state index is 0. The fourth-order valence-electron chi connectivity index (χ4n) is 0. The predicted octanol–water partition coefficient (Wildman–Crippen LogP) is 1.11. The van der Waals surface area contributed by atoms with Crippen molar-refractivity contribution in [2.24, 2.45) is 0 Å². The molecule has 0 aliphatic heterocycles. The molecule has 3 nitrogen and oxygen atoms in total. The summed E-state index contributed by atoms with van der Waals surface area (Å²) in [5.41, 5.74) is 0. The van der Waals surface area contributed by atoms with Crippen molar-refractivity contribution in [2.45, 2.75) is 6.43 Å². The van der Waals surface area contributed by atoms with E-state index < -0.39 is 6.43 Å². The molecule has 1 radical (unpaired) electrons. The van der Waals surface area contributed by atoms with Crippen LogP contribution in [0.4, 0.5) is 17.6 Å². The Labute approximate surface area is 81.5 Å². The normalized spacial score (nSPS) is 6.00. The molecule has 71 valence electrons. The van der Waals surface area contributed by atoms with Crippen molar-refractivity contribution < 1.29 is 74.9 Å². The van der Waals surface area contributed by atoms with Crippen LogP contribution in [0.25, 0.3) is 0 Å². The summed E-state index contributed by atoms with van der Waals surface area (Å²) in [5, 5.41) is 0. The van der Waals surface area contributed by atoms with E-state index in [0.29, 0.717) is 0 Å². The van der Waals surface area contributed by atoms with E-state index in [-0.39, 0.29) is 57.4 Å². The summed E-state index contributed by atoms with van der Waals surface area (Å²) < 4.78 is 38.8. The van der Waals surface area contributed by atoms with Gasteiger partial charge in [-0.3, -0.25) is 0 Å². The van der Waals surface area contributed by atoms with E-state index in [0.717, 1.165) is 0 Å². The third kappa shape index (κ3) is 656. The van der Waals surface area contributed by atoms with Crippen molar-refractivity contribution in [2.75, 3.05) is 0 Å². The number of hydrogen-bond donors (Lipinski definition) is 0. The van der Waals surface area contributed by atoms with Crippen LogP contribution >= 0.6 is 0 Å². The first-order valence-corrected chi connectivity index (χ1v) is 0.756. The number of hydrogen-bond acceptors (Lipinski definition) is 0. The van der Waals surface area contributed by atoms with Gasteiger partial charge in [0.15, 0.2) is 0 Å². The van der Waals surface area contributed by atoms with Gasteiger partial charge in [0, 0.05) is 18.6 Å². The molecule has 0 amide bonds. The molecule has 9 heteroatoms. The van der Waals surface area contributed by atoms with Crippen molar-refractivity contribution >= 4 is 0 Å². The van der Waals surface area contributed by atoms with Gasteiger partial charge in [-0.2, -0.15) is 0 Å². The van der Waals surface area contributed by atoms with Crippen LogP contribution in [0.1, 0.15) is 0 Å². The molecule has 0 aromatic heterocycles. The maximum Gasteiger partial charge on any atom is 1.00 e. The summed E-state index contributed by atoms with van der Waals surface area (Å²) >= 11 is 0. The minimum atomic E-state index is -5.50. The Bertz CT molecular complexity index is 36.0. The first-order valence-electron chi connectivity index (χ1n) is 0.756. The van der Waals surface area contributed by atoms with Crippen molar-refractivity contribution in [3.63, 3.8) is 0 Å². The zero-order valence-electron chi connectivity index (χ0n) is 3.99. The van der Waals surface area contributed by atoms with E-state index in [2.05, 4.69) is 0 Å².